The fourth-order valence-corrected chi connectivity index (χ4v) is 1.34. The zero-order valence-corrected chi connectivity index (χ0v) is 9.09. The van der Waals surface area contributed by atoms with E-state index in [1.807, 2.05) is 18.2 Å². The SMILES string of the molecule is Cc1ccc(/C=C/c2ccnc(N)n2)cc1. The van der Waals surface area contributed by atoms with Gasteiger partial charge in [0.2, 0.25) is 5.95 Å². The van der Waals surface area contributed by atoms with E-state index in [4.69, 9.17) is 5.73 Å². The van der Waals surface area contributed by atoms with Crippen molar-refractivity contribution < 1.29 is 0 Å². The summed E-state index contributed by atoms with van der Waals surface area (Å²) in [4.78, 5) is 7.92. The number of aromatic nitrogens is 2. The summed E-state index contributed by atoms with van der Waals surface area (Å²) < 4.78 is 0. The molecular weight excluding hydrogens is 198 g/mol. The molecule has 2 N–H and O–H groups in total. The average Bonchev–Trinajstić information content (AvgIpc) is 2.28. The summed E-state index contributed by atoms with van der Waals surface area (Å²) in [6.07, 6.45) is 5.57. The molecular formula is C13H13N3. The summed E-state index contributed by atoms with van der Waals surface area (Å²) in [6, 6.07) is 10.1. The first-order chi connectivity index (χ1) is 7.74. The van der Waals surface area contributed by atoms with Crippen LogP contribution in [0.15, 0.2) is 36.5 Å². The minimum atomic E-state index is 0.297. The molecule has 16 heavy (non-hydrogen) atoms. The van der Waals surface area contributed by atoms with Gasteiger partial charge in [0.1, 0.15) is 0 Å². The smallest absolute Gasteiger partial charge is 0.220 e. The Labute approximate surface area is 94.7 Å². The van der Waals surface area contributed by atoms with E-state index in [9.17, 15) is 0 Å². The number of hydrogen-bond acceptors (Lipinski definition) is 3. The lowest BCUT2D eigenvalue weighted by molar-refractivity contribution is 1.17. The predicted molar refractivity (Wildman–Crippen MR) is 66.6 cm³/mol. The Hall–Kier alpha value is -2.16. The van der Waals surface area contributed by atoms with Crippen molar-refractivity contribution in [3.63, 3.8) is 0 Å². The van der Waals surface area contributed by atoms with Gasteiger partial charge < -0.3 is 5.73 Å². The van der Waals surface area contributed by atoms with E-state index in [0.29, 0.717) is 5.95 Å². The zero-order chi connectivity index (χ0) is 11.4. The van der Waals surface area contributed by atoms with E-state index in [1.54, 1.807) is 6.20 Å². The Kier molecular flexibility index (Phi) is 2.96. The normalized spacial score (nSPS) is 10.8. The Morgan fingerprint density at radius 3 is 2.50 bits per heavy atom. The lowest BCUT2D eigenvalue weighted by Gasteiger charge is -1.96. The van der Waals surface area contributed by atoms with Gasteiger partial charge in [0, 0.05) is 6.20 Å². The molecule has 1 aromatic carbocycles. The summed E-state index contributed by atoms with van der Waals surface area (Å²) >= 11 is 0. The molecule has 0 aliphatic rings. The van der Waals surface area contributed by atoms with Gasteiger partial charge in [-0.3, -0.25) is 0 Å². The highest BCUT2D eigenvalue weighted by atomic mass is 15.0. The number of aryl methyl sites for hydroxylation is 1. The fourth-order valence-electron chi connectivity index (χ4n) is 1.34. The lowest BCUT2D eigenvalue weighted by Crippen LogP contribution is -1.94. The van der Waals surface area contributed by atoms with Crippen molar-refractivity contribution in [2.75, 3.05) is 5.73 Å². The van der Waals surface area contributed by atoms with Crippen molar-refractivity contribution in [1.82, 2.24) is 9.97 Å². The number of benzene rings is 1. The first-order valence-corrected chi connectivity index (χ1v) is 5.07. The summed E-state index contributed by atoms with van der Waals surface area (Å²) in [6.45, 7) is 2.07. The van der Waals surface area contributed by atoms with Crippen LogP contribution in [0, 0.1) is 6.92 Å². The number of hydrogen-bond donors (Lipinski definition) is 1. The first-order valence-electron chi connectivity index (χ1n) is 5.07. The van der Waals surface area contributed by atoms with Crippen molar-refractivity contribution in [1.29, 1.82) is 0 Å². The monoisotopic (exact) mass is 211 g/mol. The lowest BCUT2D eigenvalue weighted by atomic mass is 10.1. The highest BCUT2D eigenvalue weighted by Crippen LogP contribution is 2.08. The van der Waals surface area contributed by atoms with Gasteiger partial charge in [-0.15, -0.1) is 0 Å². The molecule has 3 heteroatoms. The van der Waals surface area contributed by atoms with Crippen LogP contribution in [-0.4, -0.2) is 9.97 Å². The van der Waals surface area contributed by atoms with E-state index in [0.717, 1.165) is 11.3 Å². The maximum absolute atomic E-state index is 5.49. The van der Waals surface area contributed by atoms with Crippen LogP contribution in [0.25, 0.3) is 12.2 Å². The second-order valence-electron chi connectivity index (χ2n) is 3.58. The van der Waals surface area contributed by atoms with Crippen molar-refractivity contribution >= 4 is 18.1 Å². The Morgan fingerprint density at radius 2 is 1.81 bits per heavy atom. The molecule has 0 saturated carbocycles. The third-order valence-corrected chi connectivity index (χ3v) is 2.22. The van der Waals surface area contributed by atoms with Gasteiger partial charge in [-0.25, -0.2) is 9.97 Å². The van der Waals surface area contributed by atoms with Crippen molar-refractivity contribution in [3.8, 4) is 0 Å². The predicted octanol–water partition coefficient (Wildman–Crippen LogP) is 2.54. The highest BCUT2D eigenvalue weighted by Gasteiger charge is 1.91. The molecule has 2 aromatic rings. The molecule has 0 unspecified atom stereocenters. The van der Waals surface area contributed by atoms with E-state index < -0.39 is 0 Å². The number of nitrogen functional groups attached to an aromatic ring is 1. The number of nitrogens with two attached hydrogens (primary N) is 1. The topological polar surface area (TPSA) is 51.8 Å². The van der Waals surface area contributed by atoms with Gasteiger partial charge in [0.15, 0.2) is 0 Å². The van der Waals surface area contributed by atoms with Gasteiger partial charge in [-0.2, -0.15) is 0 Å². The maximum Gasteiger partial charge on any atom is 0.220 e. The standard InChI is InChI=1S/C13H13N3/c1-10-2-4-11(5-3-10)6-7-12-8-9-15-13(14)16-12/h2-9H,1H3,(H2,14,15,16)/b7-6+. The number of anilines is 1. The van der Waals surface area contributed by atoms with Crippen molar-refractivity contribution in [2.24, 2.45) is 0 Å². The van der Waals surface area contributed by atoms with Crippen molar-refractivity contribution in [3.05, 3.63) is 53.3 Å². The number of nitrogens with zero attached hydrogens (tertiary/aromatic N) is 2. The largest absolute Gasteiger partial charge is 0.368 e. The van der Waals surface area contributed by atoms with Crippen LogP contribution in [-0.2, 0) is 0 Å². The minimum Gasteiger partial charge on any atom is -0.368 e. The second kappa shape index (κ2) is 4.57. The maximum atomic E-state index is 5.49. The molecule has 0 atom stereocenters. The summed E-state index contributed by atoms with van der Waals surface area (Å²) in [7, 11) is 0. The number of rotatable bonds is 2. The molecule has 0 bridgehead atoms. The Bertz CT molecular complexity index is 501. The summed E-state index contributed by atoms with van der Waals surface area (Å²) in [5.74, 6) is 0.297. The fraction of sp³-hybridized carbons (Fsp3) is 0.0769. The second-order valence-corrected chi connectivity index (χ2v) is 3.58. The molecule has 0 fully saturated rings. The van der Waals surface area contributed by atoms with Crippen LogP contribution >= 0.6 is 0 Å². The van der Waals surface area contributed by atoms with Crippen LogP contribution in [0.1, 0.15) is 16.8 Å². The van der Waals surface area contributed by atoms with Crippen LogP contribution in [0.2, 0.25) is 0 Å². The molecule has 1 aromatic heterocycles. The van der Waals surface area contributed by atoms with Crippen LogP contribution < -0.4 is 5.73 Å². The summed E-state index contributed by atoms with van der Waals surface area (Å²) in [5, 5.41) is 0. The van der Waals surface area contributed by atoms with E-state index in [1.165, 1.54) is 5.56 Å². The van der Waals surface area contributed by atoms with Gasteiger partial charge in [-0.1, -0.05) is 35.9 Å². The highest BCUT2D eigenvalue weighted by molar-refractivity contribution is 5.68. The van der Waals surface area contributed by atoms with Gasteiger partial charge in [0.25, 0.3) is 0 Å². The van der Waals surface area contributed by atoms with Gasteiger partial charge in [-0.05, 0) is 24.6 Å². The Morgan fingerprint density at radius 1 is 1.06 bits per heavy atom. The third-order valence-electron chi connectivity index (χ3n) is 2.22. The van der Waals surface area contributed by atoms with Crippen LogP contribution in [0.5, 0.6) is 0 Å². The molecule has 2 rings (SSSR count). The van der Waals surface area contributed by atoms with Gasteiger partial charge >= 0.3 is 0 Å². The molecule has 80 valence electrons. The minimum absolute atomic E-state index is 0.297. The molecule has 0 amide bonds. The van der Waals surface area contributed by atoms with Crippen molar-refractivity contribution in [2.45, 2.75) is 6.92 Å². The zero-order valence-electron chi connectivity index (χ0n) is 9.09. The average molecular weight is 211 g/mol. The Balaban J connectivity index is 2.18. The van der Waals surface area contributed by atoms with E-state index in [2.05, 4.69) is 41.2 Å². The van der Waals surface area contributed by atoms with Crippen LogP contribution in [0.3, 0.4) is 0 Å². The van der Waals surface area contributed by atoms with E-state index >= 15 is 0 Å². The molecule has 0 saturated heterocycles. The molecule has 3 nitrogen and oxygen atoms in total. The van der Waals surface area contributed by atoms with Gasteiger partial charge in [0.05, 0.1) is 5.69 Å². The summed E-state index contributed by atoms with van der Waals surface area (Å²) in [5.41, 5.74) is 8.70. The molecule has 0 radical (unpaired) electrons. The molecule has 0 aliphatic heterocycles. The third kappa shape index (κ3) is 2.67. The quantitative estimate of drug-likeness (QED) is 0.830. The molecule has 0 spiro atoms. The van der Waals surface area contributed by atoms with Crippen LogP contribution in [0.4, 0.5) is 5.95 Å². The first kappa shape index (κ1) is 10.4. The van der Waals surface area contributed by atoms with E-state index in [-0.39, 0.29) is 0 Å². The molecule has 0 aliphatic carbocycles. The molecule has 1 heterocycles.